The van der Waals surface area contributed by atoms with Crippen molar-refractivity contribution in [2.24, 2.45) is 0 Å². The fraction of sp³-hybridized carbons (Fsp3) is 0.286. The molecule has 0 amide bonds. The largest absolute Gasteiger partial charge is 0.476 e. The Bertz CT molecular complexity index is 758. The van der Waals surface area contributed by atoms with E-state index in [-0.39, 0.29) is 11.4 Å². The molecule has 0 bridgehead atoms. The summed E-state index contributed by atoms with van der Waals surface area (Å²) in [5.74, 6) is -0.189. The molecule has 1 aliphatic heterocycles. The molecule has 124 valence electrons. The minimum Gasteiger partial charge on any atom is -0.476 e. The summed E-state index contributed by atoms with van der Waals surface area (Å²) < 4.78 is 0. The van der Waals surface area contributed by atoms with Crippen molar-refractivity contribution in [1.82, 2.24) is 15.0 Å². The second kappa shape index (κ2) is 6.44. The van der Waals surface area contributed by atoms with Crippen LogP contribution in [0.5, 0.6) is 0 Å². The minimum absolute atomic E-state index is 0.0171. The fourth-order valence-electron chi connectivity index (χ4n) is 2.52. The summed E-state index contributed by atoms with van der Waals surface area (Å²) in [6, 6.07) is 2.97. The molecule has 0 unspecified atom stereocenters. The number of pyridine rings is 1. The predicted molar refractivity (Wildman–Crippen MR) is 84.3 cm³/mol. The zero-order chi connectivity index (χ0) is 17.1. The summed E-state index contributed by atoms with van der Waals surface area (Å²) >= 11 is 0. The Morgan fingerprint density at radius 3 is 2.42 bits per heavy atom. The molecule has 2 aromatic heterocycles. The summed E-state index contributed by atoms with van der Waals surface area (Å²) in [4.78, 5) is 37.3. The molecule has 0 spiro atoms. The number of hydrogen-bond donors (Lipinski definition) is 1. The van der Waals surface area contributed by atoms with Crippen LogP contribution in [0.1, 0.15) is 10.5 Å². The molecular weight excluding hydrogens is 316 g/mol. The van der Waals surface area contributed by atoms with E-state index in [1.54, 1.807) is 0 Å². The van der Waals surface area contributed by atoms with Crippen molar-refractivity contribution >= 4 is 23.3 Å². The van der Waals surface area contributed by atoms with E-state index in [2.05, 4.69) is 15.0 Å². The Labute approximate surface area is 136 Å². The van der Waals surface area contributed by atoms with Crippen LogP contribution < -0.4 is 9.80 Å². The van der Waals surface area contributed by atoms with Gasteiger partial charge in [0.25, 0.3) is 0 Å². The Morgan fingerprint density at radius 1 is 1.12 bits per heavy atom. The van der Waals surface area contributed by atoms with Gasteiger partial charge in [-0.3, -0.25) is 10.1 Å². The second-order valence-corrected chi connectivity index (χ2v) is 5.14. The van der Waals surface area contributed by atoms with Crippen molar-refractivity contribution in [2.75, 3.05) is 36.0 Å². The van der Waals surface area contributed by atoms with E-state index < -0.39 is 10.9 Å². The molecule has 0 saturated carbocycles. The number of aromatic carboxylic acids is 1. The van der Waals surface area contributed by atoms with Gasteiger partial charge in [0.05, 0.1) is 17.3 Å². The number of carboxylic acids is 1. The van der Waals surface area contributed by atoms with Crippen LogP contribution >= 0.6 is 0 Å². The zero-order valence-electron chi connectivity index (χ0n) is 12.6. The van der Waals surface area contributed by atoms with Crippen LogP contribution in [0.2, 0.25) is 0 Å². The molecule has 3 heterocycles. The molecule has 0 aromatic carbocycles. The summed E-state index contributed by atoms with van der Waals surface area (Å²) in [7, 11) is 0. The molecule has 2 aromatic rings. The van der Waals surface area contributed by atoms with Gasteiger partial charge in [-0.25, -0.2) is 19.7 Å². The van der Waals surface area contributed by atoms with Crippen LogP contribution in [0.4, 0.5) is 17.3 Å². The van der Waals surface area contributed by atoms with E-state index in [9.17, 15) is 14.9 Å². The average molecular weight is 330 g/mol. The molecule has 1 N–H and O–H groups in total. The summed E-state index contributed by atoms with van der Waals surface area (Å²) in [6.45, 7) is 2.24. The first-order valence-electron chi connectivity index (χ1n) is 7.21. The Kier molecular flexibility index (Phi) is 4.18. The van der Waals surface area contributed by atoms with Gasteiger partial charge in [0.2, 0.25) is 5.82 Å². The van der Waals surface area contributed by atoms with Crippen LogP contribution in [0.25, 0.3) is 0 Å². The maximum atomic E-state index is 11.1. The molecule has 0 aliphatic carbocycles. The average Bonchev–Trinajstić information content (AvgIpc) is 2.62. The zero-order valence-corrected chi connectivity index (χ0v) is 12.6. The molecule has 1 saturated heterocycles. The molecule has 1 aliphatic rings. The first kappa shape index (κ1) is 15.6. The highest BCUT2D eigenvalue weighted by atomic mass is 16.6. The maximum absolute atomic E-state index is 11.1. The van der Waals surface area contributed by atoms with E-state index in [0.29, 0.717) is 37.8 Å². The molecule has 0 radical (unpaired) electrons. The van der Waals surface area contributed by atoms with Gasteiger partial charge < -0.3 is 14.9 Å². The number of aromatic nitrogens is 3. The number of nitro groups is 1. The van der Waals surface area contributed by atoms with Crippen LogP contribution in [-0.2, 0) is 0 Å². The number of nitrogens with zero attached hydrogens (tertiary/aromatic N) is 6. The Morgan fingerprint density at radius 2 is 1.83 bits per heavy atom. The number of carbonyl (C=O) groups is 1. The standard InChI is InChI=1S/C14H14N6O4/c21-14(22)10-8-17-12(9-16-10)18-4-6-19(7-5-18)13-11(20(23)24)2-1-3-15-13/h1-3,8-9H,4-7H2,(H,21,22). The third-order valence-corrected chi connectivity index (χ3v) is 3.72. The Balaban J connectivity index is 1.70. The van der Waals surface area contributed by atoms with Crippen molar-refractivity contribution in [3.8, 4) is 0 Å². The van der Waals surface area contributed by atoms with Gasteiger partial charge in [0, 0.05) is 38.4 Å². The lowest BCUT2D eigenvalue weighted by Gasteiger charge is -2.35. The third-order valence-electron chi connectivity index (χ3n) is 3.72. The molecular formula is C14H14N6O4. The summed E-state index contributed by atoms with van der Waals surface area (Å²) in [5, 5.41) is 19.9. The van der Waals surface area contributed by atoms with Crippen molar-refractivity contribution in [3.63, 3.8) is 0 Å². The number of rotatable bonds is 4. The van der Waals surface area contributed by atoms with Crippen LogP contribution in [0.3, 0.4) is 0 Å². The van der Waals surface area contributed by atoms with Gasteiger partial charge in [-0.1, -0.05) is 0 Å². The number of hydrogen-bond acceptors (Lipinski definition) is 8. The van der Waals surface area contributed by atoms with E-state index in [0.717, 1.165) is 0 Å². The van der Waals surface area contributed by atoms with Gasteiger partial charge in [-0.2, -0.15) is 0 Å². The fourth-order valence-corrected chi connectivity index (χ4v) is 2.52. The van der Waals surface area contributed by atoms with Gasteiger partial charge in [0.1, 0.15) is 5.82 Å². The van der Waals surface area contributed by atoms with E-state index in [1.165, 1.54) is 30.7 Å². The topological polar surface area (TPSA) is 126 Å². The van der Waals surface area contributed by atoms with Crippen molar-refractivity contribution in [2.45, 2.75) is 0 Å². The van der Waals surface area contributed by atoms with Crippen LogP contribution in [0, 0.1) is 10.1 Å². The minimum atomic E-state index is -1.12. The van der Waals surface area contributed by atoms with E-state index >= 15 is 0 Å². The second-order valence-electron chi connectivity index (χ2n) is 5.14. The molecule has 0 atom stereocenters. The first-order valence-corrected chi connectivity index (χ1v) is 7.21. The van der Waals surface area contributed by atoms with Crippen LogP contribution in [-0.4, -0.2) is 57.1 Å². The lowest BCUT2D eigenvalue weighted by Crippen LogP contribution is -2.47. The van der Waals surface area contributed by atoms with Crippen molar-refractivity contribution < 1.29 is 14.8 Å². The highest BCUT2D eigenvalue weighted by molar-refractivity contribution is 5.84. The maximum Gasteiger partial charge on any atom is 0.356 e. The summed E-state index contributed by atoms with van der Waals surface area (Å²) in [6.07, 6.45) is 4.17. The molecule has 3 rings (SSSR count). The van der Waals surface area contributed by atoms with Gasteiger partial charge >= 0.3 is 11.7 Å². The smallest absolute Gasteiger partial charge is 0.356 e. The van der Waals surface area contributed by atoms with E-state index in [1.807, 2.05) is 9.80 Å². The number of anilines is 2. The molecule has 10 heteroatoms. The third kappa shape index (κ3) is 3.07. The highest BCUT2D eigenvalue weighted by Crippen LogP contribution is 2.26. The van der Waals surface area contributed by atoms with Gasteiger partial charge in [0.15, 0.2) is 5.69 Å². The lowest BCUT2D eigenvalue weighted by atomic mass is 10.3. The molecule has 1 fully saturated rings. The normalized spacial score (nSPS) is 14.5. The lowest BCUT2D eigenvalue weighted by molar-refractivity contribution is -0.384. The van der Waals surface area contributed by atoms with Gasteiger partial charge in [-0.15, -0.1) is 0 Å². The van der Waals surface area contributed by atoms with Crippen molar-refractivity contribution in [1.29, 1.82) is 0 Å². The number of piperazine rings is 1. The summed E-state index contributed by atoms with van der Waals surface area (Å²) in [5.41, 5.74) is -0.127. The monoisotopic (exact) mass is 330 g/mol. The van der Waals surface area contributed by atoms with Crippen molar-refractivity contribution in [3.05, 3.63) is 46.5 Å². The van der Waals surface area contributed by atoms with Gasteiger partial charge in [-0.05, 0) is 6.07 Å². The SMILES string of the molecule is O=C(O)c1cnc(N2CCN(c3ncccc3[N+](=O)[O-])CC2)cn1. The highest BCUT2D eigenvalue weighted by Gasteiger charge is 2.25. The van der Waals surface area contributed by atoms with Crippen LogP contribution in [0.15, 0.2) is 30.7 Å². The Hall–Kier alpha value is -3.30. The predicted octanol–water partition coefficient (Wildman–Crippen LogP) is 0.805. The number of carboxylic acid groups (broad SMARTS) is 1. The molecule has 24 heavy (non-hydrogen) atoms. The quantitative estimate of drug-likeness (QED) is 0.640. The first-order chi connectivity index (χ1) is 11.6. The molecule has 10 nitrogen and oxygen atoms in total. The van der Waals surface area contributed by atoms with E-state index in [4.69, 9.17) is 5.11 Å².